The van der Waals surface area contributed by atoms with Gasteiger partial charge in [0.05, 0.1) is 0 Å². The second kappa shape index (κ2) is 4.15. The van der Waals surface area contributed by atoms with Crippen LogP contribution >= 0.6 is 0 Å². The van der Waals surface area contributed by atoms with Crippen LogP contribution in [0, 0.1) is 0 Å². The molecular weight excluding hydrogens is 224 g/mol. The fourth-order valence-electron chi connectivity index (χ4n) is 1.35. The van der Waals surface area contributed by atoms with Crippen molar-refractivity contribution in [1.82, 2.24) is 9.62 Å². The van der Waals surface area contributed by atoms with Gasteiger partial charge in [-0.25, -0.2) is 13.1 Å². The molecule has 1 unspecified atom stereocenters. The van der Waals surface area contributed by atoms with Gasteiger partial charge in [-0.05, 0) is 6.42 Å². The maximum absolute atomic E-state index is 11.3. The highest BCUT2D eigenvalue weighted by Crippen LogP contribution is 2.09. The Morgan fingerprint density at radius 2 is 2.27 bits per heavy atom. The van der Waals surface area contributed by atoms with E-state index in [4.69, 9.17) is 5.11 Å². The smallest absolute Gasteiger partial charge is 0.320 e. The summed E-state index contributed by atoms with van der Waals surface area (Å²) in [4.78, 5) is 22.9. The van der Waals surface area contributed by atoms with Crippen LogP contribution in [0.5, 0.6) is 0 Å². The molecule has 7 nitrogen and oxygen atoms in total. The number of nitrogens with zero attached hydrogens (tertiary/aromatic N) is 1. The minimum atomic E-state index is -3.92. The average molecular weight is 236 g/mol. The van der Waals surface area contributed by atoms with E-state index in [2.05, 4.69) is 4.72 Å². The summed E-state index contributed by atoms with van der Waals surface area (Å²) in [5.74, 6) is -2.79. The normalized spacial score (nSPS) is 22.1. The van der Waals surface area contributed by atoms with Crippen LogP contribution in [0.4, 0.5) is 0 Å². The third kappa shape index (κ3) is 3.17. The molecule has 1 fully saturated rings. The number of hydrogen-bond acceptors (Lipinski definition) is 4. The third-order valence-corrected chi connectivity index (χ3v) is 3.33. The van der Waals surface area contributed by atoms with Gasteiger partial charge < -0.3 is 10.0 Å². The maximum Gasteiger partial charge on any atom is 0.320 e. The first-order valence-corrected chi connectivity index (χ1v) is 5.94. The topological polar surface area (TPSA) is 104 Å². The van der Waals surface area contributed by atoms with Crippen molar-refractivity contribution in [2.75, 3.05) is 19.3 Å². The highest BCUT2D eigenvalue weighted by atomic mass is 32.2. The quantitative estimate of drug-likeness (QED) is 0.600. The van der Waals surface area contributed by atoms with Crippen molar-refractivity contribution in [3.63, 3.8) is 0 Å². The second-order valence-electron chi connectivity index (χ2n) is 3.37. The Kier molecular flexibility index (Phi) is 3.30. The van der Waals surface area contributed by atoms with Gasteiger partial charge in [-0.2, -0.15) is 0 Å². The van der Waals surface area contributed by atoms with Crippen molar-refractivity contribution < 1.29 is 23.1 Å². The van der Waals surface area contributed by atoms with Crippen molar-refractivity contribution in [3.8, 4) is 0 Å². The molecule has 1 amide bonds. The first-order valence-electron chi connectivity index (χ1n) is 4.28. The number of nitrogens with one attached hydrogen (secondary N) is 1. The number of hydrogen-bond donors (Lipinski definition) is 2. The molecule has 86 valence electrons. The SMILES string of the molecule is CN1CCC(NS(=O)(=O)CC(=O)O)C1=O. The molecule has 1 heterocycles. The lowest BCUT2D eigenvalue weighted by Gasteiger charge is -2.11. The van der Waals surface area contributed by atoms with E-state index in [-0.39, 0.29) is 5.91 Å². The van der Waals surface area contributed by atoms with Crippen molar-refractivity contribution >= 4 is 21.9 Å². The van der Waals surface area contributed by atoms with Crippen LogP contribution in [-0.2, 0) is 19.6 Å². The lowest BCUT2D eigenvalue weighted by Crippen LogP contribution is -2.42. The lowest BCUT2D eigenvalue weighted by molar-refractivity contribution is -0.134. The number of carbonyl (C=O) groups excluding carboxylic acids is 1. The molecule has 0 aromatic rings. The fraction of sp³-hybridized carbons (Fsp3) is 0.714. The number of likely N-dealkylation sites (N-methyl/N-ethyl adjacent to an activating group) is 1. The Hall–Kier alpha value is -1.15. The summed E-state index contributed by atoms with van der Waals surface area (Å²) >= 11 is 0. The van der Waals surface area contributed by atoms with E-state index in [1.54, 1.807) is 7.05 Å². The summed E-state index contributed by atoms with van der Waals surface area (Å²) in [6.07, 6.45) is 0.369. The van der Waals surface area contributed by atoms with E-state index in [9.17, 15) is 18.0 Å². The number of rotatable bonds is 4. The third-order valence-electron chi connectivity index (χ3n) is 2.06. The number of carboxylic acids is 1. The molecular formula is C7H12N2O5S. The molecule has 2 N–H and O–H groups in total. The zero-order valence-electron chi connectivity index (χ0n) is 8.13. The molecule has 0 aliphatic carbocycles. The van der Waals surface area contributed by atoms with Crippen LogP contribution in [-0.4, -0.2) is 55.7 Å². The van der Waals surface area contributed by atoms with Crippen LogP contribution < -0.4 is 4.72 Å². The zero-order valence-corrected chi connectivity index (χ0v) is 8.95. The minimum absolute atomic E-state index is 0.330. The molecule has 1 aliphatic heterocycles. The molecule has 0 aromatic heterocycles. The predicted molar refractivity (Wildman–Crippen MR) is 50.6 cm³/mol. The van der Waals surface area contributed by atoms with E-state index in [1.165, 1.54) is 4.90 Å². The summed E-state index contributed by atoms with van der Waals surface area (Å²) in [5.41, 5.74) is 0. The molecule has 1 rings (SSSR count). The molecule has 0 saturated carbocycles. The molecule has 8 heteroatoms. The Morgan fingerprint density at radius 3 is 2.67 bits per heavy atom. The zero-order chi connectivity index (χ0) is 11.6. The molecule has 0 radical (unpaired) electrons. The van der Waals surface area contributed by atoms with E-state index in [0.29, 0.717) is 13.0 Å². The second-order valence-corrected chi connectivity index (χ2v) is 5.13. The molecule has 1 aliphatic rings. The summed E-state index contributed by atoms with van der Waals surface area (Å²) in [5, 5.41) is 8.33. The molecule has 1 saturated heterocycles. The first kappa shape index (κ1) is 11.9. The number of aliphatic carboxylic acids is 1. The first-order chi connectivity index (χ1) is 6.82. The molecule has 0 bridgehead atoms. The Labute approximate surface area is 87.1 Å². The predicted octanol–water partition coefficient (Wildman–Crippen LogP) is -1.78. The monoisotopic (exact) mass is 236 g/mol. The van der Waals surface area contributed by atoms with E-state index in [1.807, 2.05) is 0 Å². The summed E-state index contributed by atoms with van der Waals surface area (Å²) in [7, 11) is -2.35. The van der Waals surface area contributed by atoms with E-state index >= 15 is 0 Å². The number of amides is 1. The largest absolute Gasteiger partial charge is 0.480 e. The van der Waals surface area contributed by atoms with Crippen LogP contribution in [0.25, 0.3) is 0 Å². The van der Waals surface area contributed by atoms with E-state index in [0.717, 1.165) is 0 Å². The lowest BCUT2D eigenvalue weighted by atomic mass is 10.3. The average Bonchev–Trinajstić information content (AvgIpc) is 2.33. The molecule has 0 aromatic carbocycles. The van der Waals surface area contributed by atoms with Gasteiger partial charge in [-0.3, -0.25) is 9.59 Å². The number of carboxylic acid groups (broad SMARTS) is 1. The van der Waals surface area contributed by atoms with Gasteiger partial charge in [0, 0.05) is 13.6 Å². The standard InChI is InChI=1S/C7H12N2O5S/c1-9-3-2-5(7(9)12)8-15(13,14)4-6(10)11/h5,8H,2-4H2,1H3,(H,10,11). The van der Waals surface area contributed by atoms with Crippen molar-refractivity contribution in [2.24, 2.45) is 0 Å². The minimum Gasteiger partial charge on any atom is -0.480 e. The van der Waals surface area contributed by atoms with Gasteiger partial charge in [-0.15, -0.1) is 0 Å². The van der Waals surface area contributed by atoms with Crippen LogP contribution in [0.2, 0.25) is 0 Å². The van der Waals surface area contributed by atoms with Crippen LogP contribution in [0.15, 0.2) is 0 Å². The number of sulfonamides is 1. The highest BCUT2D eigenvalue weighted by Gasteiger charge is 2.32. The van der Waals surface area contributed by atoms with Crippen LogP contribution in [0.1, 0.15) is 6.42 Å². The van der Waals surface area contributed by atoms with Gasteiger partial charge in [0.15, 0.2) is 5.75 Å². The molecule has 0 spiro atoms. The van der Waals surface area contributed by atoms with Crippen molar-refractivity contribution in [3.05, 3.63) is 0 Å². The van der Waals surface area contributed by atoms with Gasteiger partial charge in [0.25, 0.3) is 0 Å². The summed E-state index contributed by atoms with van der Waals surface area (Å²) in [6.45, 7) is 0.471. The van der Waals surface area contributed by atoms with Crippen molar-refractivity contribution in [2.45, 2.75) is 12.5 Å². The fourth-order valence-corrected chi connectivity index (χ4v) is 2.41. The maximum atomic E-state index is 11.3. The Balaban J connectivity index is 2.63. The highest BCUT2D eigenvalue weighted by molar-refractivity contribution is 7.90. The van der Waals surface area contributed by atoms with Crippen molar-refractivity contribution in [1.29, 1.82) is 0 Å². The van der Waals surface area contributed by atoms with E-state index < -0.39 is 27.8 Å². The van der Waals surface area contributed by atoms with Gasteiger partial charge in [0.1, 0.15) is 6.04 Å². The Bertz CT molecular complexity index is 377. The summed E-state index contributed by atoms with van der Waals surface area (Å²) < 4.78 is 24.4. The number of carbonyl (C=O) groups is 2. The van der Waals surface area contributed by atoms with Gasteiger partial charge in [0.2, 0.25) is 15.9 Å². The summed E-state index contributed by atoms with van der Waals surface area (Å²) in [6, 6.07) is -0.820. The van der Waals surface area contributed by atoms with Gasteiger partial charge in [-0.1, -0.05) is 0 Å². The van der Waals surface area contributed by atoms with Gasteiger partial charge >= 0.3 is 5.97 Å². The molecule has 1 atom stereocenters. The Morgan fingerprint density at radius 1 is 1.67 bits per heavy atom. The number of likely N-dealkylation sites (tertiary alicyclic amines) is 1. The van der Waals surface area contributed by atoms with Crippen LogP contribution in [0.3, 0.4) is 0 Å². The molecule has 15 heavy (non-hydrogen) atoms.